The third-order valence-electron chi connectivity index (χ3n) is 4.96. The van der Waals surface area contributed by atoms with Crippen LogP contribution in [-0.4, -0.2) is 11.6 Å². The molecule has 4 unspecified atom stereocenters. The first-order valence-corrected chi connectivity index (χ1v) is 5.69. The average Bonchev–Trinajstić information content (AvgIpc) is 2.15. The van der Waals surface area contributed by atoms with Crippen LogP contribution >= 0.6 is 0 Å². The molecule has 0 heterocycles. The van der Waals surface area contributed by atoms with Gasteiger partial charge in [-0.2, -0.15) is 0 Å². The molecule has 0 amide bonds. The van der Waals surface area contributed by atoms with Crippen LogP contribution in [0.3, 0.4) is 0 Å². The minimum absolute atomic E-state index is 0.0428. The summed E-state index contributed by atoms with van der Waals surface area (Å²) in [5, 5.41) is 0. The fourth-order valence-corrected chi connectivity index (χ4v) is 4.05. The topological polar surface area (TPSA) is 34.1 Å². The molecule has 4 aliphatic carbocycles. The molecule has 0 aromatic carbocycles. The van der Waals surface area contributed by atoms with E-state index in [0.717, 1.165) is 25.7 Å². The Morgan fingerprint density at radius 1 is 1.21 bits per heavy atom. The predicted octanol–water partition coefficient (Wildman–Crippen LogP) is 1.97. The maximum atomic E-state index is 12.0. The van der Waals surface area contributed by atoms with Crippen molar-refractivity contribution in [2.75, 3.05) is 0 Å². The van der Waals surface area contributed by atoms with Crippen molar-refractivity contribution < 1.29 is 9.59 Å². The smallest absolute Gasteiger partial charge is 0.139 e. The van der Waals surface area contributed by atoms with Gasteiger partial charge in [-0.1, -0.05) is 6.92 Å². The lowest BCUT2D eigenvalue weighted by molar-refractivity contribution is -0.161. The summed E-state index contributed by atoms with van der Waals surface area (Å²) in [7, 11) is 0. The number of ketones is 2. The lowest BCUT2D eigenvalue weighted by Gasteiger charge is -2.56. The molecule has 14 heavy (non-hydrogen) atoms. The van der Waals surface area contributed by atoms with Gasteiger partial charge in [-0.25, -0.2) is 0 Å². The molecule has 2 heteroatoms. The van der Waals surface area contributed by atoms with Crippen molar-refractivity contribution in [1.29, 1.82) is 0 Å². The van der Waals surface area contributed by atoms with Gasteiger partial charge in [0.15, 0.2) is 0 Å². The monoisotopic (exact) mass is 192 g/mol. The van der Waals surface area contributed by atoms with Crippen molar-refractivity contribution in [1.82, 2.24) is 0 Å². The number of hydrogen-bond acceptors (Lipinski definition) is 2. The zero-order chi connectivity index (χ0) is 9.92. The van der Waals surface area contributed by atoms with Gasteiger partial charge in [0, 0.05) is 24.2 Å². The Kier molecular flexibility index (Phi) is 1.52. The second-order valence-electron chi connectivity index (χ2n) is 5.49. The summed E-state index contributed by atoms with van der Waals surface area (Å²) >= 11 is 0. The first kappa shape index (κ1) is 8.63. The molecule has 0 radical (unpaired) electrons. The zero-order valence-electron chi connectivity index (χ0n) is 8.58. The Morgan fingerprint density at radius 2 is 2.00 bits per heavy atom. The Labute approximate surface area is 84.1 Å². The van der Waals surface area contributed by atoms with Gasteiger partial charge in [-0.3, -0.25) is 9.59 Å². The number of hydrogen-bond donors (Lipinski definition) is 0. The van der Waals surface area contributed by atoms with E-state index in [1.165, 1.54) is 0 Å². The lowest BCUT2D eigenvalue weighted by Crippen LogP contribution is -2.57. The van der Waals surface area contributed by atoms with Crippen molar-refractivity contribution in [3.63, 3.8) is 0 Å². The Hall–Kier alpha value is -0.660. The van der Waals surface area contributed by atoms with Gasteiger partial charge in [0.05, 0.1) is 0 Å². The van der Waals surface area contributed by atoms with E-state index in [2.05, 4.69) is 6.92 Å². The largest absolute Gasteiger partial charge is 0.299 e. The van der Waals surface area contributed by atoms with Crippen molar-refractivity contribution in [2.24, 2.45) is 23.2 Å². The molecule has 4 atom stereocenters. The highest BCUT2D eigenvalue weighted by molar-refractivity contribution is 5.93. The van der Waals surface area contributed by atoms with Crippen molar-refractivity contribution in [2.45, 2.75) is 39.0 Å². The Morgan fingerprint density at radius 3 is 2.79 bits per heavy atom. The third-order valence-corrected chi connectivity index (χ3v) is 4.96. The molecule has 4 bridgehead atoms. The summed E-state index contributed by atoms with van der Waals surface area (Å²) < 4.78 is 0. The molecule has 0 N–H and O–H groups in total. The Bertz CT molecular complexity index is 316. The minimum Gasteiger partial charge on any atom is -0.299 e. The molecule has 4 aliphatic rings. The molecule has 76 valence electrons. The van der Waals surface area contributed by atoms with Crippen LogP contribution < -0.4 is 0 Å². The second kappa shape index (κ2) is 2.47. The van der Waals surface area contributed by atoms with Crippen LogP contribution in [0, 0.1) is 23.2 Å². The summed E-state index contributed by atoms with van der Waals surface area (Å²) in [6, 6.07) is 0. The van der Waals surface area contributed by atoms with Crippen LogP contribution in [0.25, 0.3) is 0 Å². The number of carbonyl (C=O) groups excluding carboxylic acids is 2. The second-order valence-corrected chi connectivity index (χ2v) is 5.49. The first-order valence-electron chi connectivity index (χ1n) is 5.69. The molecule has 4 fully saturated rings. The van der Waals surface area contributed by atoms with Crippen LogP contribution in [0.2, 0.25) is 0 Å². The predicted molar refractivity (Wildman–Crippen MR) is 51.7 cm³/mol. The van der Waals surface area contributed by atoms with Crippen LogP contribution in [-0.2, 0) is 9.59 Å². The van der Waals surface area contributed by atoms with Gasteiger partial charge in [-0.05, 0) is 31.1 Å². The molecule has 0 saturated heterocycles. The van der Waals surface area contributed by atoms with Crippen molar-refractivity contribution in [3.05, 3.63) is 0 Å². The van der Waals surface area contributed by atoms with Gasteiger partial charge in [0.2, 0.25) is 0 Å². The summed E-state index contributed by atoms with van der Waals surface area (Å²) in [4.78, 5) is 23.8. The molecule has 0 aromatic heterocycles. The van der Waals surface area contributed by atoms with E-state index in [-0.39, 0.29) is 23.2 Å². The SMILES string of the molecule is CC12CCC3CC1C(=O)CCC2C3=O. The average molecular weight is 192 g/mol. The zero-order valence-corrected chi connectivity index (χ0v) is 8.58. The number of fused-ring (bicyclic) bond motifs is 1. The van der Waals surface area contributed by atoms with E-state index < -0.39 is 0 Å². The summed E-state index contributed by atoms with van der Waals surface area (Å²) in [5.74, 6) is 1.58. The quantitative estimate of drug-likeness (QED) is 0.588. The van der Waals surface area contributed by atoms with Crippen molar-refractivity contribution in [3.8, 4) is 0 Å². The Balaban J connectivity index is 2.07. The van der Waals surface area contributed by atoms with Crippen LogP contribution in [0.15, 0.2) is 0 Å². The molecule has 2 nitrogen and oxygen atoms in total. The summed E-state index contributed by atoms with van der Waals surface area (Å²) in [6.45, 7) is 2.17. The maximum Gasteiger partial charge on any atom is 0.139 e. The van der Waals surface area contributed by atoms with E-state index >= 15 is 0 Å². The van der Waals surface area contributed by atoms with Gasteiger partial charge in [0.1, 0.15) is 11.6 Å². The van der Waals surface area contributed by atoms with Crippen LogP contribution in [0.5, 0.6) is 0 Å². The molecule has 4 saturated carbocycles. The normalized spacial score (nSPS) is 51.1. The van der Waals surface area contributed by atoms with Crippen molar-refractivity contribution >= 4 is 11.6 Å². The van der Waals surface area contributed by atoms with Crippen LogP contribution in [0.1, 0.15) is 39.0 Å². The van der Waals surface area contributed by atoms with Gasteiger partial charge in [0.25, 0.3) is 0 Å². The van der Waals surface area contributed by atoms with Gasteiger partial charge >= 0.3 is 0 Å². The molecular weight excluding hydrogens is 176 g/mol. The fraction of sp³-hybridized carbons (Fsp3) is 0.833. The van der Waals surface area contributed by atoms with Gasteiger partial charge < -0.3 is 0 Å². The van der Waals surface area contributed by atoms with Gasteiger partial charge in [-0.15, -0.1) is 0 Å². The number of Topliss-reactive ketones (excluding diaryl/α,β-unsaturated/α-hetero) is 2. The minimum atomic E-state index is 0.0428. The number of carbonyl (C=O) groups is 2. The standard InChI is InChI=1S/C12H16O2/c1-12-5-4-7-6-9(12)10(13)3-2-8(12)11(7)14/h7-9H,2-6H2,1H3. The van der Waals surface area contributed by atoms with Crippen LogP contribution in [0.4, 0.5) is 0 Å². The highest BCUT2D eigenvalue weighted by Gasteiger charge is 2.59. The van der Waals surface area contributed by atoms with E-state index in [1.807, 2.05) is 0 Å². The van der Waals surface area contributed by atoms with E-state index in [4.69, 9.17) is 0 Å². The molecular formula is C12H16O2. The summed E-state index contributed by atoms with van der Waals surface area (Å²) in [5.41, 5.74) is 0.0428. The fourth-order valence-electron chi connectivity index (χ4n) is 4.05. The van der Waals surface area contributed by atoms with E-state index in [1.54, 1.807) is 0 Å². The lowest BCUT2D eigenvalue weighted by atomic mass is 9.46. The van der Waals surface area contributed by atoms with E-state index in [9.17, 15) is 9.59 Å². The highest BCUT2D eigenvalue weighted by Crippen LogP contribution is 2.59. The third kappa shape index (κ3) is 0.825. The summed E-state index contributed by atoms with van der Waals surface area (Å²) in [6.07, 6.45) is 4.50. The number of rotatable bonds is 0. The first-order chi connectivity index (χ1) is 6.63. The molecule has 0 aliphatic heterocycles. The van der Waals surface area contributed by atoms with E-state index in [0.29, 0.717) is 18.0 Å². The molecule has 0 aromatic rings. The highest BCUT2D eigenvalue weighted by atomic mass is 16.1. The molecule has 0 spiro atoms. The molecule has 4 rings (SSSR count). The maximum absolute atomic E-state index is 12.0.